The Morgan fingerprint density at radius 3 is 2.92 bits per heavy atom. The summed E-state index contributed by atoms with van der Waals surface area (Å²) < 4.78 is 5.47. The lowest BCUT2D eigenvalue weighted by Gasteiger charge is -2.31. The van der Waals surface area contributed by atoms with Gasteiger partial charge in [-0.3, -0.25) is 0 Å². The van der Waals surface area contributed by atoms with E-state index in [1.807, 2.05) is 6.92 Å². The molecule has 0 radical (unpaired) electrons. The first-order valence-corrected chi connectivity index (χ1v) is 5.00. The number of fused-ring (bicyclic) bond motifs is 1. The highest BCUT2D eigenvalue weighted by Crippen LogP contribution is 2.35. The molecular formula is C10H17O2+. The van der Waals surface area contributed by atoms with Gasteiger partial charge in [-0.2, -0.15) is 0 Å². The highest BCUT2D eigenvalue weighted by atomic mass is 16.5. The zero-order chi connectivity index (χ0) is 8.55. The molecule has 3 unspecified atom stereocenters. The van der Waals surface area contributed by atoms with Crippen molar-refractivity contribution in [1.82, 2.24) is 0 Å². The molecule has 1 saturated heterocycles. The van der Waals surface area contributed by atoms with Gasteiger partial charge in [0.2, 0.25) is 0 Å². The minimum absolute atomic E-state index is 0.254. The van der Waals surface area contributed by atoms with Crippen LogP contribution in [0.5, 0.6) is 0 Å². The Hall–Kier alpha value is -0.530. The van der Waals surface area contributed by atoms with Gasteiger partial charge in [0.05, 0.1) is 0 Å². The first kappa shape index (κ1) is 8.09. The highest BCUT2D eigenvalue weighted by Gasteiger charge is 2.42. The minimum Gasteiger partial charge on any atom is -0.339 e. The predicted octanol–water partition coefficient (Wildman–Crippen LogP) is 2.10. The van der Waals surface area contributed by atoms with Crippen LogP contribution in [0.3, 0.4) is 0 Å². The Kier molecular flexibility index (Phi) is 2.07. The van der Waals surface area contributed by atoms with Gasteiger partial charge in [0, 0.05) is 12.3 Å². The standard InChI is InChI=1S/C10H16O2/c1-7-6-8-4-2-3-5-9(8)12-10(7)11/h7-9H,2-6H2,1H3/p+1. The molecule has 1 aliphatic carbocycles. The summed E-state index contributed by atoms with van der Waals surface area (Å²) in [6.45, 7) is 2.04. The maximum Gasteiger partial charge on any atom is 0.485 e. The van der Waals surface area contributed by atoms with Gasteiger partial charge in [0.1, 0.15) is 5.92 Å². The molecule has 2 heteroatoms. The second kappa shape index (κ2) is 3.08. The summed E-state index contributed by atoms with van der Waals surface area (Å²) >= 11 is 0. The lowest BCUT2D eigenvalue weighted by Crippen LogP contribution is -2.39. The molecule has 0 aromatic heterocycles. The Balaban J connectivity index is 2.02. The number of esters is 1. The second-order valence-corrected chi connectivity index (χ2v) is 4.18. The van der Waals surface area contributed by atoms with E-state index in [-0.39, 0.29) is 11.9 Å². The van der Waals surface area contributed by atoms with Gasteiger partial charge in [-0.05, 0) is 26.2 Å². The zero-order valence-corrected chi connectivity index (χ0v) is 7.62. The van der Waals surface area contributed by atoms with Gasteiger partial charge in [-0.25, -0.2) is 0 Å². The lowest BCUT2D eigenvalue weighted by molar-refractivity contribution is 0.0264. The number of hydrogen-bond donors (Lipinski definition) is 0. The molecule has 0 amide bonds. The van der Waals surface area contributed by atoms with Crippen LogP contribution in [0.4, 0.5) is 0 Å². The third-order valence-corrected chi connectivity index (χ3v) is 3.19. The Morgan fingerprint density at radius 2 is 2.08 bits per heavy atom. The fraction of sp³-hybridized carbons (Fsp3) is 0.900. The third kappa shape index (κ3) is 1.35. The number of rotatable bonds is 0. The van der Waals surface area contributed by atoms with E-state index in [1.54, 1.807) is 0 Å². The smallest absolute Gasteiger partial charge is 0.339 e. The molecule has 1 N–H and O–H groups in total. The van der Waals surface area contributed by atoms with Crippen LogP contribution in [0.15, 0.2) is 0 Å². The maximum atomic E-state index is 9.41. The lowest BCUT2D eigenvalue weighted by atomic mass is 9.79. The van der Waals surface area contributed by atoms with Gasteiger partial charge in [0.15, 0.2) is 6.10 Å². The molecule has 2 fully saturated rings. The third-order valence-electron chi connectivity index (χ3n) is 3.19. The van der Waals surface area contributed by atoms with E-state index in [4.69, 9.17) is 4.74 Å². The van der Waals surface area contributed by atoms with Crippen LogP contribution in [0.2, 0.25) is 0 Å². The highest BCUT2D eigenvalue weighted by molar-refractivity contribution is 5.74. The number of hydrogen-bond acceptors (Lipinski definition) is 1. The molecule has 1 saturated carbocycles. The van der Waals surface area contributed by atoms with Gasteiger partial charge in [0.25, 0.3) is 0 Å². The van der Waals surface area contributed by atoms with Crippen LogP contribution in [-0.2, 0) is 4.74 Å². The van der Waals surface area contributed by atoms with E-state index in [2.05, 4.69) is 0 Å². The summed E-state index contributed by atoms with van der Waals surface area (Å²) in [5.41, 5.74) is 0. The van der Waals surface area contributed by atoms with Gasteiger partial charge in [-0.15, -0.1) is 0 Å². The molecule has 0 bridgehead atoms. The van der Waals surface area contributed by atoms with Gasteiger partial charge in [-0.1, -0.05) is 6.42 Å². The van der Waals surface area contributed by atoms with Crippen LogP contribution in [0, 0.1) is 11.8 Å². The van der Waals surface area contributed by atoms with Crippen molar-refractivity contribution < 1.29 is 9.53 Å². The molecule has 0 spiro atoms. The molecule has 0 aromatic carbocycles. The quantitative estimate of drug-likeness (QED) is 0.403. The van der Waals surface area contributed by atoms with E-state index >= 15 is 0 Å². The molecule has 2 rings (SSSR count). The Morgan fingerprint density at radius 1 is 1.33 bits per heavy atom. The van der Waals surface area contributed by atoms with Crippen LogP contribution >= 0.6 is 0 Å². The van der Waals surface area contributed by atoms with Gasteiger partial charge >= 0.3 is 5.97 Å². The molecule has 68 valence electrons. The molecule has 0 aromatic rings. The average Bonchev–Trinajstić information content (AvgIpc) is 2.07. The van der Waals surface area contributed by atoms with E-state index in [9.17, 15) is 4.79 Å². The fourth-order valence-electron chi connectivity index (χ4n) is 2.42. The summed E-state index contributed by atoms with van der Waals surface area (Å²) in [7, 11) is 0. The van der Waals surface area contributed by atoms with E-state index in [0.29, 0.717) is 12.0 Å². The molecule has 2 nitrogen and oxygen atoms in total. The van der Waals surface area contributed by atoms with Crippen LogP contribution < -0.4 is 0 Å². The predicted molar refractivity (Wildman–Crippen MR) is 47.6 cm³/mol. The summed E-state index contributed by atoms with van der Waals surface area (Å²) in [4.78, 5) is 9.41. The molecular weight excluding hydrogens is 152 g/mol. The van der Waals surface area contributed by atoms with Crippen molar-refractivity contribution in [1.29, 1.82) is 0 Å². The zero-order valence-electron chi connectivity index (χ0n) is 7.62. The number of carbonyl (C=O) groups excluding carboxylic acids is 1. The molecule has 1 heterocycles. The fourth-order valence-corrected chi connectivity index (χ4v) is 2.42. The topological polar surface area (TPSA) is 30.6 Å². The van der Waals surface area contributed by atoms with E-state index in [0.717, 1.165) is 12.8 Å². The Bertz CT molecular complexity index is 188. The van der Waals surface area contributed by atoms with Crippen molar-refractivity contribution in [3.63, 3.8) is 0 Å². The van der Waals surface area contributed by atoms with E-state index in [1.165, 1.54) is 19.3 Å². The number of ether oxygens (including phenoxy) is 1. The summed E-state index contributed by atoms with van der Waals surface area (Å²) in [5, 5.41) is 0. The van der Waals surface area contributed by atoms with Crippen molar-refractivity contribution in [3.05, 3.63) is 0 Å². The van der Waals surface area contributed by atoms with Crippen LogP contribution in [-0.4, -0.2) is 16.9 Å². The van der Waals surface area contributed by atoms with Crippen molar-refractivity contribution in [2.45, 2.75) is 45.1 Å². The van der Waals surface area contributed by atoms with Crippen molar-refractivity contribution in [3.8, 4) is 0 Å². The monoisotopic (exact) mass is 169 g/mol. The summed E-state index contributed by atoms with van der Waals surface area (Å²) in [5.74, 6) is 1.24. The van der Waals surface area contributed by atoms with E-state index < -0.39 is 0 Å². The van der Waals surface area contributed by atoms with Crippen molar-refractivity contribution in [2.75, 3.05) is 0 Å². The molecule has 2 aliphatic rings. The molecule has 1 aliphatic heterocycles. The van der Waals surface area contributed by atoms with Crippen molar-refractivity contribution in [2.24, 2.45) is 11.8 Å². The first-order valence-electron chi connectivity index (χ1n) is 5.00. The van der Waals surface area contributed by atoms with Crippen molar-refractivity contribution >= 4 is 5.97 Å². The SMILES string of the molecule is CC1CC2CCCCC2OC1=[OH+]. The molecule has 12 heavy (non-hydrogen) atoms. The van der Waals surface area contributed by atoms with Gasteiger partial charge < -0.3 is 9.53 Å². The minimum atomic E-state index is 0.254. The summed E-state index contributed by atoms with van der Waals surface area (Å²) in [6.07, 6.45) is 6.50. The Labute approximate surface area is 73.3 Å². The maximum absolute atomic E-state index is 9.41. The average molecular weight is 169 g/mol. The summed E-state index contributed by atoms with van der Waals surface area (Å²) in [6, 6.07) is 0. The normalized spacial score (nSPS) is 41.8. The van der Waals surface area contributed by atoms with Crippen LogP contribution in [0.1, 0.15) is 39.0 Å². The largest absolute Gasteiger partial charge is 0.485 e. The second-order valence-electron chi connectivity index (χ2n) is 4.18. The first-order chi connectivity index (χ1) is 5.77. The van der Waals surface area contributed by atoms with Crippen LogP contribution in [0.25, 0.3) is 0 Å². The molecule has 3 atom stereocenters.